The number of hydrogen-bond donors (Lipinski definition) is 2. The minimum atomic E-state index is -3.51. The summed E-state index contributed by atoms with van der Waals surface area (Å²) in [5.74, 6) is 0.525. The van der Waals surface area contributed by atoms with Gasteiger partial charge in [-0.05, 0) is 50.2 Å². The van der Waals surface area contributed by atoms with Crippen molar-refractivity contribution >= 4 is 33.0 Å². The van der Waals surface area contributed by atoms with E-state index in [0.29, 0.717) is 36.2 Å². The van der Waals surface area contributed by atoms with Gasteiger partial charge in [-0.1, -0.05) is 18.6 Å². The summed E-state index contributed by atoms with van der Waals surface area (Å²) < 4.78 is 32.5. The lowest BCUT2D eigenvalue weighted by Gasteiger charge is -2.26. The Labute approximate surface area is 155 Å². The zero-order valence-electron chi connectivity index (χ0n) is 14.7. The molecule has 1 saturated heterocycles. The van der Waals surface area contributed by atoms with Gasteiger partial charge in [0.15, 0.2) is 5.11 Å². The number of ether oxygens (including phenoxy) is 1. The highest BCUT2D eigenvalue weighted by Gasteiger charge is 2.26. The number of hydrogen-bond acceptors (Lipinski definition) is 4. The second-order valence-corrected chi connectivity index (χ2v) is 8.44. The molecule has 0 radical (unpaired) electrons. The molecule has 138 valence electrons. The quantitative estimate of drug-likeness (QED) is 0.581. The highest BCUT2D eigenvalue weighted by Crippen LogP contribution is 2.29. The monoisotopic (exact) mass is 383 g/mol. The number of anilines is 1. The molecule has 0 amide bonds. The number of thiocarbonyl (C=S) groups is 1. The van der Waals surface area contributed by atoms with Crippen molar-refractivity contribution in [3.05, 3.63) is 30.4 Å². The third kappa shape index (κ3) is 5.17. The average Bonchev–Trinajstić information content (AvgIpc) is 2.60. The lowest BCUT2D eigenvalue weighted by molar-refractivity contribution is 0.346. The molecule has 1 aromatic carbocycles. The molecule has 1 aromatic rings. The predicted molar refractivity (Wildman–Crippen MR) is 105 cm³/mol. The largest absolute Gasteiger partial charge is 0.495 e. The fourth-order valence-corrected chi connectivity index (χ4v) is 4.32. The fraction of sp³-hybridized carbons (Fsp3) is 0.471. The van der Waals surface area contributed by atoms with E-state index in [1.54, 1.807) is 22.5 Å². The van der Waals surface area contributed by atoms with Crippen LogP contribution in [0.2, 0.25) is 0 Å². The molecule has 8 heteroatoms. The highest BCUT2D eigenvalue weighted by molar-refractivity contribution is 7.89. The zero-order valence-corrected chi connectivity index (χ0v) is 16.3. The van der Waals surface area contributed by atoms with Crippen LogP contribution in [0.3, 0.4) is 0 Å². The topological polar surface area (TPSA) is 70.7 Å². The van der Waals surface area contributed by atoms with Gasteiger partial charge in [0.1, 0.15) is 5.75 Å². The third-order valence-corrected chi connectivity index (χ3v) is 6.06. The summed E-state index contributed by atoms with van der Waals surface area (Å²) in [6.07, 6.45) is 2.87. The van der Waals surface area contributed by atoms with Gasteiger partial charge in [-0.25, -0.2) is 8.42 Å². The van der Waals surface area contributed by atoms with E-state index < -0.39 is 10.0 Å². The maximum Gasteiger partial charge on any atom is 0.243 e. The van der Waals surface area contributed by atoms with Crippen molar-refractivity contribution < 1.29 is 13.2 Å². The first-order chi connectivity index (χ1) is 11.8. The average molecular weight is 384 g/mol. The lowest BCUT2D eigenvalue weighted by Crippen LogP contribution is -2.35. The molecule has 0 spiro atoms. The second-order valence-electron chi connectivity index (χ2n) is 6.09. The summed E-state index contributed by atoms with van der Waals surface area (Å²) in [7, 11) is -1.98. The Bertz CT molecular complexity index is 742. The van der Waals surface area contributed by atoms with Crippen LogP contribution in [-0.2, 0) is 10.0 Å². The molecule has 0 saturated carbocycles. The van der Waals surface area contributed by atoms with Gasteiger partial charge in [0.05, 0.1) is 17.7 Å². The van der Waals surface area contributed by atoms with Gasteiger partial charge in [0, 0.05) is 19.6 Å². The minimum Gasteiger partial charge on any atom is -0.495 e. The van der Waals surface area contributed by atoms with Crippen LogP contribution in [0.1, 0.15) is 26.2 Å². The van der Waals surface area contributed by atoms with E-state index in [0.717, 1.165) is 24.8 Å². The summed E-state index contributed by atoms with van der Waals surface area (Å²) in [5, 5.41) is 6.40. The molecule has 0 bridgehead atoms. The number of sulfonamides is 1. The van der Waals surface area contributed by atoms with Crippen molar-refractivity contribution in [1.82, 2.24) is 9.62 Å². The van der Waals surface area contributed by atoms with Crippen LogP contribution < -0.4 is 15.4 Å². The Hall–Kier alpha value is -1.64. The van der Waals surface area contributed by atoms with Crippen LogP contribution in [0.4, 0.5) is 5.69 Å². The van der Waals surface area contributed by atoms with Gasteiger partial charge in [-0.15, -0.1) is 0 Å². The first-order valence-corrected chi connectivity index (χ1v) is 10.1. The predicted octanol–water partition coefficient (Wildman–Crippen LogP) is 2.73. The maximum absolute atomic E-state index is 12.8. The van der Waals surface area contributed by atoms with Gasteiger partial charge in [-0.3, -0.25) is 0 Å². The first-order valence-electron chi connectivity index (χ1n) is 8.22. The molecule has 25 heavy (non-hydrogen) atoms. The van der Waals surface area contributed by atoms with Crippen LogP contribution in [0, 0.1) is 0 Å². The molecule has 0 atom stereocenters. The Kier molecular flexibility index (Phi) is 6.80. The number of benzene rings is 1. The second kappa shape index (κ2) is 8.64. The molecule has 0 aliphatic carbocycles. The van der Waals surface area contributed by atoms with E-state index >= 15 is 0 Å². The molecule has 1 heterocycles. The van der Waals surface area contributed by atoms with Crippen LogP contribution in [0.15, 0.2) is 35.2 Å². The Morgan fingerprint density at radius 1 is 1.32 bits per heavy atom. The summed E-state index contributed by atoms with van der Waals surface area (Å²) in [4.78, 5) is 0.236. The fourth-order valence-electron chi connectivity index (χ4n) is 2.60. The summed E-state index contributed by atoms with van der Waals surface area (Å²) in [6, 6.07) is 4.77. The number of nitrogens with zero attached hydrogens (tertiary/aromatic N) is 1. The van der Waals surface area contributed by atoms with E-state index in [1.165, 1.54) is 7.11 Å². The SMILES string of the molecule is C=C(C)CNC(=S)Nc1cc(S(=O)(=O)N2CCCCC2)ccc1OC. The first kappa shape index (κ1) is 19.7. The normalized spacial score (nSPS) is 15.4. The van der Waals surface area contributed by atoms with Crippen molar-refractivity contribution in [1.29, 1.82) is 0 Å². The molecule has 6 nitrogen and oxygen atoms in total. The highest BCUT2D eigenvalue weighted by atomic mass is 32.2. The Morgan fingerprint density at radius 2 is 2.00 bits per heavy atom. The molecule has 1 fully saturated rings. The molecule has 0 aromatic heterocycles. The van der Waals surface area contributed by atoms with Gasteiger partial charge < -0.3 is 15.4 Å². The molecule has 2 N–H and O–H groups in total. The van der Waals surface area contributed by atoms with Crippen molar-refractivity contribution in [2.75, 3.05) is 32.1 Å². The van der Waals surface area contributed by atoms with Crippen molar-refractivity contribution in [3.63, 3.8) is 0 Å². The number of methoxy groups -OCH3 is 1. The van der Waals surface area contributed by atoms with Gasteiger partial charge in [-0.2, -0.15) is 4.31 Å². The smallest absolute Gasteiger partial charge is 0.243 e. The summed E-state index contributed by atoms with van der Waals surface area (Å²) in [5.41, 5.74) is 1.46. The molecular weight excluding hydrogens is 358 g/mol. The van der Waals surface area contributed by atoms with E-state index in [2.05, 4.69) is 17.2 Å². The molecular formula is C17H25N3O3S2. The Balaban J connectivity index is 2.23. The van der Waals surface area contributed by atoms with Gasteiger partial charge >= 0.3 is 0 Å². The van der Waals surface area contributed by atoms with E-state index in [9.17, 15) is 8.42 Å². The van der Waals surface area contributed by atoms with Crippen LogP contribution in [0.5, 0.6) is 5.75 Å². The standard InChI is InChI=1S/C17H25N3O3S2/c1-13(2)12-18-17(24)19-15-11-14(7-8-16(15)23-3)25(21,22)20-9-5-4-6-10-20/h7-8,11H,1,4-6,9-10,12H2,2-3H3,(H2,18,19,24). The Morgan fingerprint density at radius 3 is 2.60 bits per heavy atom. The van der Waals surface area contributed by atoms with Crippen LogP contribution in [-0.4, -0.2) is 44.6 Å². The van der Waals surface area contributed by atoms with E-state index in [1.807, 2.05) is 6.92 Å². The van der Waals surface area contributed by atoms with Gasteiger partial charge in [0.25, 0.3) is 0 Å². The summed E-state index contributed by atoms with van der Waals surface area (Å²) >= 11 is 5.25. The van der Waals surface area contributed by atoms with Crippen LogP contribution in [0.25, 0.3) is 0 Å². The zero-order chi connectivity index (χ0) is 18.4. The maximum atomic E-state index is 12.8. The van der Waals surface area contributed by atoms with Gasteiger partial charge in [0.2, 0.25) is 10.0 Å². The molecule has 0 unspecified atom stereocenters. The number of nitrogens with one attached hydrogen (secondary N) is 2. The van der Waals surface area contributed by atoms with E-state index in [4.69, 9.17) is 17.0 Å². The number of piperidine rings is 1. The van der Waals surface area contributed by atoms with Crippen LogP contribution >= 0.6 is 12.2 Å². The van der Waals surface area contributed by atoms with Crippen molar-refractivity contribution in [2.24, 2.45) is 0 Å². The van der Waals surface area contributed by atoms with E-state index in [-0.39, 0.29) is 4.90 Å². The lowest BCUT2D eigenvalue weighted by atomic mass is 10.2. The molecule has 2 rings (SSSR count). The molecule has 1 aliphatic heterocycles. The van der Waals surface area contributed by atoms with Crippen molar-refractivity contribution in [2.45, 2.75) is 31.1 Å². The minimum absolute atomic E-state index is 0.236. The molecule has 1 aliphatic rings. The van der Waals surface area contributed by atoms with Crippen molar-refractivity contribution in [3.8, 4) is 5.75 Å². The third-order valence-electron chi connectivity index (χ3n) is 3.92. The summed E-state index contributed by atoms with van der Waals surface area (Å²) in [6.45, 7) is 7.37. The number of rotatable bonds is 6.